The van der Waals surface area contributed by atoms with Gasteiger partial charge in [-0.25, -0.2) is 9.97 Å². The second-order valence-corrected chi connectivity index (χ2v) is 6.25. The Balaban J connectivity index is 0.00000225. The molecule has 2 aliphatic rings. The fourth-order valence-corrected chi connectivity index (χ4v) is 2.80. The maximum Gasteiger partial charge on any atom is 0.225 e. The van der Waals surface area contributed by atoms with Gasteiger partial charge in [0.05, 0.1) is 6.54 Å². The van der Waals surface area contributed by atoms with Gasteiger partial charge in [-0.05, 0) is 18.9 Å². The van der Waals surface area contributed by atoms with E-state index in [2.05, 4.69) is 19.9 Å². The number of nitrogens with zero attached hydrogens (tertiary/aromatic N) is 6. The zero-order chi connectivity index (χ0) is 16.9. The lowest BCUT2D eigenvalue weighted by Gasteiger charge is -2.34. The summed E-state index contributed by atoms with van der Waals surface area (Å²) in [6.07, 6.45) is 6.24. The molecule has 1 aliphatic heterocycles. The van der Waals surface area contributed by atoms with Crippen LogP contribution in [0, 0.1) is 0 Å². The van der Waals surface area contributed by atoms with Crippen LogP contribution in [0.15, 0.2) is 23.5 Å². The zero-order valence-electron chi connectivity index (χ0n) is 14.5. The van der Waals surface area contributed by atoms with Crippen molar-refractivity contribution in [3.8, 4) is 0 Å². The summed E-state index contributed by atoms with van der Waals surface area (Å²) >= 11 is 0. The number of halogens is 1. The highest BCUT2D eigenvalue weighted by atomic mass is 127. The molecule has 1 aromatic heterocycles. The first kappa shape index (κ1) is 19.7. The molecule has 0 bridgehead atoms. The van der Waals surface area contributed by atoms with Crippen molar-refractivity contribution in [2.75, 3.05) is 44.7 Å². The number of carbonyl (C=O) groups is 1. The van der Waals surface area contributed by atoms with Crippen LogP contribution in [0.5, 0.6) is 0 Å². The summed E-state index contributed by atoms with van der Waals surface area (Å²) in [5, 5.41) is 0. The number of anilines is 1. The van der Waals surface area contributed by atoms with E-state index in [1.54, 1.807) is 18.5 Å². The molecule has 9 heteroatoms. The van der Waals surface area contributed by atoms with Crippen LogP contribution in [0.4, 0.5) is 5.95 Å². The first-order valence-corrected chi connectivity index (χ1v) is 8.47. The molecular weight excluding hydrogens is 433 g/mol. The number of aromatic nitrogens is 2. The maximum absolute atomic E-state index is 12.3. The van der Waals surface area contributed by atoms with Gasteiger partial charge in [-0.15, -0.1) is 24.0 Å². The molecule has 2 fully saturated rings. The lowest BCUT2D eigenvalue weighted by Crippen LogP contribution is -2.49. The second kappa shape index (κ2) is 9.16. The van der Waals surface area contributed by atoms with E-state index in [1.165, 1.54) is 12.8 Å². The minimum absolute atomic E-state index is 0. The van der Waals surface area contributed by atoms with Crippen LogP contribution < -0.4 is 10.6 Å². The van der Waals surface area contributed by atoms with Gasteiger partial charge in [-0.2, -0.15) is 0 Å². The van der Waals surface area contributed by atoms with E-state index >= 15 is 0 Å². The van der Waals surface area contributed by atoms with Crippen molar-refractivity contribution in [2.24, 2.45) is 10.7 Å². The number of rotatable bonds is 5. The van der Waals surface area contributed by atoms with Gasteiger partial charge in [0.25, 0.3) is 0 Å². The number of carbonyl (C=O) groups excluding carboxylic acids is 1. The Morgan fingerprint density at radius 3 is 2.52 bits per heavy atom. The molecule has 25 heavy (non-hydrogen) atoms. The van der Waals surface area contributed by atoms with Crippen molar-refractivity contribution in [3.05, 3.63) is 18.5 Å². The van der Waals surface area contributed by atoms with Crippen molar-refractivity contribution in [2.45, 2.75) is 25.3 Å². The van der Waals surface area contributed by atoms with Gasteiger partial charge >= 0.3 is 0 Å². The van der Waals surface area contributed by atoms with E-state index < -0.39 is 0 Å². The molecule has 0 spiro atoms. The first-order valence-electron chi connectivity index (χ1n) is 8.47. The second-order valence-electron chi connectivity index (χ2n) is 6.25. The number of hydrogen-bond donors (Lipinski definition) is 1. The molecule has 1 aliphatic carbocycles. The molecule has 0 radical (unpaired) electrons. The Labute approximate surface area is 165 Å². The Kier molecular flexibility index (Phi) is 7.21. The molecule has 1 aromatic rings. The molecule has 8 nitrogen and oxygen atoms in total. The number of aliphatic imine (C=N–C) groups is 1. The van der Waals surface area contributed by atoms with E-state index in [0.717, 1.165) is 19.0 Å². The molecule has 138 valence electrons. The first-order chi connectivity index (χ1) is 11.6. The van der Waals surface area contributed by atoms with Gasteiger partial charge in [0.15, 0.2) is 5.96 Å². The third-order valence-electron chi connectivity index (χ3n) is 4.52. The molecule has 1 saturated heterocycles. The third-order valence-corrected chi connectivity index (χ3v) is 4.52. The Hall–Kier alpha value is -1.65. The minimum atomic E-state index is 0. The highest BCUT2D eigenvalue weighted by molar-refractivity contribution is 14.0. The van der Waals surface area contributed by atoms with E-state index in [1.807, 2.05) is 16.8 Å². The summed E-state index contributed by atoms with van der Waals surface area (Å²) in [6.45, 7) is 3.34. The number of nitrogens with two attached hydrogens (primary N) is 1. The monoisotopic (exact) mass is 459 g/mol. The van der Waals surface area contributed by atoms with Gasteiger partial charge in [-0.3, -0.25) is 9.79 Å². The average molecular weight is 459 g/mol. The van der Waals surface area contributed by atoms with Gasteiger partial charge < -0.3 is 20.4 Å². The maximum atomic E-state index is 12.3. The number of amides is 1. The van der Waals surface area contributed by atoms with Crippen molar-refractivity contribution < 1.29 is 4.79 Å². The van der Waals surface area contributed by atoms with E-state index in [-0.39, 0.29) is 29.9 Å². The predicted molar refractivity (Wildman–Crippen MR) is 108 cm³/mol. The van der Waals surface area contributed by atoms with Crippen LogP contribution in [-0.2, 0) is 4.79 Å². The van der Waals surface area contributed by atoms with E-state index in [9.17, 15) is 4.79 Å². The largest absolute Gasteiger partial charge is 0.370 e. The van der Waals surface area contributed by atoms with Crippen LogP contribution in [0.2, 0.25) is 0 Å². The van der Waals surface area contributed by atoms with Crippen LogP contribution in [0.1, 0.15) is 19.3 Å². The van der Waals surface area contributed by atoms with Crippen molar-refractivity contribution >= 4 is 41.8 Å². The molecule has 3 rings (SSSR count). The van der Waals surface area contributed by atoms with Crippen molar-refractivity contribution in [3.63, 3.8) is 0 Å². The number of guanidine groups is 1. The highest BCUT2D eigenvalue weighted by Crippen LogP contribution is 2.24. The smallest absolute Gasteiger partial charge is 0.225 e. The summed E-state index contributed by atoms with van der Waals surface area (Å²) in [7, 11) is 1.96. The molecule has 1 saturated carbocycles. The summed E-state index contributed by atoms with van der Waals surface area (Å²) in [4.78, 5) is 31.1. The summed E-state index contributed by atoms with van der Waals surface area (Å²) in [5.41, 5.74) is 5.94. The zero-order valence-corrected chi connectivity index (χ0v) is 16.9. The normalized spacial score (nSPS) is 17.9. The summed E-state index contributed by atoms with van der Waals surface area (Å²) in [5.74, 6) is 1.40. The topological polar surface area (TPSA) is 91.0 Å². The SMILES string of the molecule is CN(C(N)=NCCC(=O)N1CCN(c2ncccn2)CC1)C1CC1.I. The Bertz CT molecular complexity index is 585. The highest BCUT2D eigenvalue weighted by Gasteiger charge is 2.27. The molecule has 2 N–H and O–H groups in total. The Morgan fingerprint density at radius 2 is 1.92 bits per heavy atom. The predicted octanol–water partition coefficient (Wildman–Crippen LogP) is 0.542. The molecular formula is C16H26IN7O. The lowest BCUT2D eigenvalue weighted by atomic mass is 10.3. The lowest BCUT2D eigenvalue weighted by molar-refractivity contribution is -0.131. The van der Waals surface area contributed by atoms with Crippen LogP contribution in [0.25, 0.3) is 0 Å². The Morgan fingerprint density at radius 1 is 1.28 bits per heavy atom. The summed E-state index contributed by atoms with van der Waals surface area (Å²) < 4.78 is 0. The van der Waals surface area contributed by atoms with E-state index in [4.69, 9.17) is 5.73 Å². The van der Waals surface area contributed by atoms with Gasteiger partial charge in [-0.1, -0.05) is 0 Å². The third kappa shape index (κ3) is 5.41. The standard InChI is InChI=1S/C16H25N7O.HI/c1-21(13-3-4-13)15(17)18-8-5-14(24)22-9-11-23(12-10-22)16-19-6-2-7-20-16;/h2,6-7,13H,3-5,8-12H2,1H3,(H2,17,18);1H. The summed E-state index contributed by atoms with van der Waals surface area (Å²) in [6, 6.07) is 2.34. The van der Waals surface area contributed by atoms with Gasteiger partial charge in [0, 0.05) is 58.1 Å². The molecule has 2 heterocycles. The van der Waals surface area contributed by atoms with Crippen molar-refractivity contribution in [1.29, 1.82) is 0 Å². The molecule has 0 atom stereocenters. The quantitative estimate of drug-likeness (QED) is 0.393. The van der Waals surface area contributed by atoms with Crippen LogP contribution >= 0.6 is 24.0 Å². The van der Waals surface area contributed by atoms with Crippen LogP contribution in [0.3, 0.4) is 0 Å². The molecule has 0 unspecified atom stereocenters. The molecule has 1 amide bonds. The number of hydrogen-bond acceptors (Lipinski definition) is 5. The fourth-order valence-electron chi connectivity index (χ4n) is 2.80. The average Bonchev–Trinajstić information content (AvgIpc) is 3.47. The van der Waals surface area contributed by atoms with E-state index in [0.29, 0.717) is 38.1 Å². The fraction of sp³-hybridized carbons (Fsp3) is 0.625. The number of piperazine rings is 1. The van der Waals surface area contributed by atoms with Crippen molar-refractivity contribution in [1.82, 2.24) is 19.8 Å². The van der Waals surface area contributed by atoms with Gasteiger partial charge in [0.1, 0.15) is 0 Å². The van der Waals surface area contributed by atoms with Crippen LogP contribution in [-0.4, -0.2) is 77.4 Å². The van der Waals surface area contributed by atoms with Gasteiger partial charge in [0.2, 0.25) is 11.9 Å². The molecule has 0 aromatic carbocycles. The minimum Gasteiger partial charge on any atom is -0.370 e.